The maximum Gasteiger partial charge on any atom is 0.214 e. The van der Waals surface area contributed by atoms with Gasteiger partial charge >= 0.3 is 0 Å². The zero-order valence-electron chi connectivity index (χ0n) is 9.57. The van der Waals surface area contributed by atoms with Crippen LogP contribution in [0.3, 0.4) is 0 Å². The molecule has 0 aromatic rings. The molecule has 2 aliphatic rings. The third kappa shape index (κ3) is 3.11. The molecule has 1 saturated carbocycles. The summed E-state index contributed by atoms with van der Waals surface area (Å²) in [7, 11) is -3.06. The molecule has 1 unspecified atom stereocenters. The molecule has 5 heteroatoms. The Bertz CT molecular complexity index is 327. The van der Waals surface area contributed by atoms with Crippen molar-refractivity contribution in [2.75, 3.05) is 18.2 Å². The van der Waals surface area contributed by atoms with Crippen molar-refractivity contribution in [1.82, 2.24) is 4.31 Å². The standard InChI is InChI=1S/C11H20ClNO2S/c12-8-11-4-2-1-3-7-13(11)16(14,15)9-10-5-6-10/h10-11H,1-9H2. The molecule has 2 fully saturated rings. The third-order valence-electron chi connectivity index (χ3n) is 3.50. The lowest BCUT2D eigenvalue weighted by Gasteiger charge is -2.27. The molecule has 0 N–H and O–H groups in total. The molecule has 1 aliphatic heterocycles. The van der Waals surface area contributed by atoms with E-state index in [1.807, 2.05) is 0 Å². The first kappa shape index (κ1) is 12.7. The van der Waals surface area contributed by atoms with Gasteiger partial charge < -0.3 is 0 Å². The number of alkyl halides is 1. The Kier molecular flexibility index (Phi) is 4.14. The lowest BCUT2D eigenvalue weighted by atomic mass is 10.1. The lowest BCUT2D eigenvalue weighted by molar-refractivity contribution is 0.344. The van der Waals surface area contributed by atoms with E-state index in [0.29, 0.717) is 24.1 Å². The van der Waals surface area contributed by atoms with E-state index in [1.165, 1.54) is 0 Å². The minimum atomic E-state index is -3.06. The number of nitrogens with zero attached hydrogens (tertiary/aromatic N) is 1. The van der Waals surface area contributed by atoms with E-state index in [1.54, 1.807) is 4.31 Å². The second-order valence-corrected chi connectivity index (χ2v) is 7.26. The molecule has 0 aromatic heterocycles. The van der Waals surface area contributed by atoms with Crippen molar-refractivity contribution >= 4 is 21.6 Å². The average molecular weight is 266 g/mol. The minimum absolute atomic E-state index is 0.0351. The van der Waals surface area contributed by atoms with Gasteiger partial charge in [-0.1, -0.05) is 12.8 Å². The van der Waals surface area contributed by atoms with E-state index in [9.17, 15) is 8.42 Å². The molecule has 2 rings (SSSR count). The Morgan fingerprint density at radius 1 is 1.12 bits per heavy atom. The van der Waals surface area contributed by atoms with Crippen LogP contribution in [-0.2, 0) is 10.0 Å². The summed E-state index contributed by atoms with van der Waals surface area (Å²) in [5.74, 6) is 1.20. The first-order chi connectivity index (χ1) is 7.63. The van der Waals surface area contributed by atoms with Gasteiger partial charge in [0.15, 0.2) is 0 Å². The van der Waals surface area contributed by atoms with Crippen molar-refractivity contribution in [2.45, 2.75) is 44.6 Å². The van der Waals surface area contributed by atoms with Crippen LogP contribution >= 0.6 is 11.6 Å². The Hall–Kier alpha value is 0.200. The molecule has 0 radical (unpaired) electrons. The SMILES string of the molecule is O=S(=O)(CC1CC1)N1CCCCCC1CCl. The van der Waals surface area contributed by atoms with Crippen LogP contribution in [0.25, 0.3) is 0 Å². The summed E-state index contributed by atoms with van der Waals surface area (Å²) in [6, 6.07) is 0.0351. The van der Waals surface area contributed by atoms with Crippen molar-refractivity contribution in [3.05, 3.63) is 0 Å². The number of rotatable bonds is 4. The molecule has 16 heavy (non-hydrogen) atoms. The summed E-state index contributed by atoms with van der Waals surface area (Å²) in [4.78, 5) is 0. The van der Waals surface area contributed by atoms with Gasteiger partial charge in [0.05, 0.1) is 5.75 Å². The maximum atomic E-state index is 12.2. The van der Waals surface area contributed by atoms with Crippen molar-refractivity contribution in [2.24, 2.45) is 5.92 Å². The molecule has 94 valence electrons. The normalized spacial score (nSPS) is 28.9. The highest BCUT2D eigenvalue weighted by molar-refractivity contribution is 7.89. The third-order valence-corrected chi connectivity index (χ3v) is 5.95. The van der Waals surface area contributed by atoms with Crippen LogP contribution in [0.4, 0.5) is 0 Å². The first-order valence-electron chi connectivity index (χ1n) is 6.19. The highest BCUT2D eigenvalue weighted by atomic mass is 35.5. The molecule has 0 aromatic carbocycles. The monoisotopic (exact) mass is 265 g/mol. The Morgan fingerprint density at radius 3 is 2.50 bits per heavy atom. The van der Waals surface area contributed by atoms with Gasteiger partial charge in [0.25, 0.3) is 0 Å². The molecule has 0 spiro atoms. The van der Waals surface area contributed by atoms with Crippen molar-refractivity contribution in [3.63, 3.8) is 0 Å². The van der Waals surface area contributed by atoms with Gasteiger partial charge in [0.1, 0.15) is 0 Å². The summed E-state index contributed by atoms with van der Waals surface area (Å²) in [5, 5.41) is 0. The van der Waals surface area contributed by atoms with E-state index >= 15 is 0 Å². The summed E-state index contributed by atoms with van der Waals surface area (Å²) >= 11 is 5.90. The van der Waals surface area contributed by atoms with E-state index in [0.717, 1.165) is 38.5 Å². The summed E-state index contributed by atoms with van der Waals surface area (Å²) < 4.78 is 26.1. The second-order valence-electron chi connectivity index (χ2n) is 4.99. The second kappa shape index (κ2) is 5.23. The van der Waals surface area contributed by atoms with Crippen LogP contribution < -0.4 is 0 Å². The molecule has 1 aliphatic carbocycles. The number of hydrogen-bond acceptors (Lipinski definition) is 2. The zero-order valence-corrected chi connectivity index (χ0v) is 11.1. The van der Waals surface area contributed by atoms with E-state index in [-0.39, 0.29) is 6.04 Å². The average Bonchev–Trinajstić information content (AvgIpc) is 3.02. The molecule has 0 amide bonds. The van der Waals surface area contributed by atoms with Gasteiger partial charge in [-0.3, -0.25) is 0 Å². The molecular formula is C11H20ClNO2S. The predicted octanol–water partition coefficient (Wildman–Crippen LogP) is 2.21. The Morgan fingerprint density at radius 2 is 1.88 bits per heavy atom. The van der Waals surface area contributed by atoms with Crippen LogP contribution in [0.1, 0.15) is 38.5 Å². The van der Waals surface area contributed by atoms with Gasteiger partial charge in [-0.2, -0.15) is 4.31 Å². The topological polar surface area (TPSA) is 37.4 Å². The van der Waals surface area contributed by atoms with Crippen LogP contribution in [-0.4, -0.2) is 36.9 Å². The number of sulfonamides is 1. The van der Waals surface area contributed by atoms with E-state index in [2.05, 4.69) is 0 Å². The van der Waals surface area contributed by atoms with E-state index < -0.39 is 10.0 Å². The molecule has 1 heterocycles. The van der Waals surface area contributed by atoms with Crippen molar-refractivity contribution in [3.8, 4) is 0 Å². The fourth-order valence-electron chi connectivity index (χ4n) is 2.35. The zero-order chi connectivity index (χ0) is 11.6. The highest BCUT2D eigenvalue weighted by Crippen LogP contribution is 2.32. The lowest BCUT2D eigenvalue weighted by Crippen LogP contribution is -2.42. The number of hydrogen-bond donors (Lipinski definition) is 0. The molecule has 3 nitrogen and oxygen atoms in total. The predicted molar refractivity (Wildman–Crippen MR) is 66.2 cm³/mol. The van der Waals surface area contributed by atoms with Gasteiger partial charge in [-0.15, -0.1) is 11.6 Å². The Labute approximate surface area is 103 Å². The van der Waals surface area contributed by atoms with Gasteiger partial charge in [0.2, 0.25) is 10.0 Å². The largest absolute Gasteiger partial charge is 0.214 e. The van der Waals surface area contributed by atoms with Crippen LogP contribution in [0.5, 0.6) is 0 Å². The Balaban J connectivity index is 2.07. The quantitative estimate of drug-likeness (QED) is 0.731. The molecular weight excluding hydrogens is 246 g/mol. The summed E-state index contributed by atoms with van der Waals surface area (Å²) in [6.07, 6.45) is 6.30. The van der Waals surface area contributed by atoms with E-state index in [4.69, 9.17) is 11.6 Å². The van der Waals surface area contributed by atoms with Crippen molar-refractivity contribution in [1.29, 1.82) is 0 Å². The minimum Gasteiger partial charge on any atom is -0.212 e. The smallest absolute Gasteiger partial charge is 0.212 e. The van der Waals surface area contributed by atoms with Crippen LogP contribution in [0, 0.1) is 5.92 Å². The fraction of sp³-hybridized carbons (Fsp3) is 1.00. The molecule has 0 bridgehead atoms. The van der Waals surface area contributed by atoms with Crippen molar-refractivity contribution < 1.29 is 8.42 Å². The van der Waals surface area contributed by atoms with Gasteiger partial charge in [-0.25, -0.2) is 8.42 Å². The summed E-state index contributed by atoms with van der Waals surface area (Å²) in [5.41, 5.74) is 0. The number of halogens is 1. The highest BCUT2D eigenvalue weighted by Gasteiger charge is 2.35. The first-order valence-corrected chi connectivity index (χ1v) is 8.33. The maximum absolute atomic E-state index is 12.2. The molecule has 1 saturated heterocycles. The molecule has 1 atom stereocenters. The van der Waals surface area contributed by atoms with Crippen LogP contribution in [0.15, 0.2) is 0 Å². The van der Waals surface area contributed by atoms with Gasteiger partial charge in [0, 0.05) is 18.5 Å². The van der Waals surface area contributed by atoms with Crippen LogP contribution in [0.2, 0.25) is 0 Å². The summed E-state index contributed by atoms with van der Waals surface area (Å²) in [6.45, 7) is 0.673. The fourth-order valence-corrected chi connectivity index (χ4v) is 4.91. The van der Waals surface area contributed by atoms with Gasteiger partial charge in [-0.05, 0) is 31.6 Å².